The number of ether oxygens (including phenoxy) is 3. The number of hydrogen-bond acceptors (Lipinski definition) is 10. The number of phosphoric acid groups is 1. The molecule has 1 fully saturated rings. The molecule has 0 aliphatic carbocycles. The molecule has 0 bridgehead atoms. The number of phosphoric ester groups is 1. The largest absolute Gasteiger partial charge is 0.510 e. The standard InChI is InChI=1S/C16H28NO10P/c1-15(2,3)26-14(20)23-10-25-28(21)24-9-16(4,5)12(27-28)13(19)17-8-7-11(18)22-6/h12H,7-10H2,1-6H3,(H,17,19)/t12-,28?/m0/s1. The lowest BCUT2D eigenvalue weighted by molar-refractivity contribution is -0.144. The van der Waals surface area contributed by atoms with Gasteiger partial charge in [0.15, 0.2) is 6.10 Å². The fraction of sp³-hybridized carbons (Fsp3) is 0.812. The number of carbonyl (C=O) groups excluding carboxylic acids is 3. The molecule has 162 valence electrons. The Hall–Kier alpha value is -1.68. The summed E-state index contributed by atoms with van der Waals surface area (Å²) < 4.78 is 42.0. The Bertz CT molecular complexity index is 627. The zero-order valence-electron chi connectivity index (χ0n) is 16.9. The summed E-state index contributed by atoms with van der Waals surface area (Å²) in [6, 6.07) is 0. The van der Waals surface area contributed by atoms with E-state index in [0.29, 0.717) is 0 Å². The van der Waals surface area contributed by atoms with E-state index >= 15 is 0 Å². The Morgan fingerprint density at radius 1 is 1.25 bits per heavy atom. The Balaban J connectivity index is 2.60. The molecule has 1 saturated heterocycles. The van der Waals surface area contributed by atoms with E-state index in [1.807, 2.05) is 0 Å². The molecule has 1 unspecified atom stereocenters. The number of carbonyl (C=O) groups is 3. The quantitative estimate of drug-likeness (QED) is 0.367. The highest BCUT2D eigenvalue weighted by Crippen LogP contribution is 2.57. The topological polar surface area (TPSA) is 136 Å². The zero-order chi connectivity index (χ0) is 21.6. The summed E-state index contributed by atoms with van der Waals surface area (Å²) >= 11 is 0. The summed E-state index contributed by atoms with van der Waals surface area (Å²) in [4.78, 5) is 35.0. The Morgan fingerprint density at radius 3 is 2.46 bits per heavy atom. The molecule has 1 rings (SSSR count). The summed E-state index contributed by atoms with van der Waals surface area (Å²) in [5.74, 6) is -1.07. The lowest BCUT2D eigenvalue weighted by Gasteiger charge is -2.39. The number of methoxy groups -OCH3 is 1. The molecule has 0 aromatic carbocycles. The average Bonchev–Trinajstić information content (AvgIpc) is 2.55. The maximum atomic E-state index is 12.6. The maximum absolute atomic E-state index is 12.6. The molecular formula is C16H28NO10P. The van der Waals surface area contributed by atoms with Gasteiger partial charge in [0.1, 0.15) is 5.60 Å². The van der Waals surface area contributed by atoms with Crippen LogP contribution in [0, 0.1) is 5.41 Å². The second-order valence-corrected chi connectivity index (χ2v) is 9.29. The fourth-order valence-electron chi connectivity index (χ4n) is 1.99. The van der Waals surface area contributed by atoms with Gasteiger partial charge in [0.2, 0.25) is 12.7 Å². The molecule has 2 atom stereocenters. The van der Waals surface area contributed by atoms with E-state index in [1.54, 1.807) is 34.6 Å². The van der Waals surface area contributed by atoms with Gasteiger partial charge < -0.3 is 19.5 Å². The molecule has 1 aliphatic heterocycles. The lowest BCUT2D eigenvalue weighted by atomic mass is 9.87. The molecule has 1 heterocycles. The summed E-state index contributed by atoms with van der Waals surface area (Å²) in [6.07, 6.45) is -2.22. The van der Waals surface area contributed by atoms with E-state index in [9.17, 15) is 18.9 Å². The minimum atomic E-state index is -4.15. The highest BCUT2D eigenvalue weighted by molar-refractivity contribution is 7.48. The summed E-state index contributed by atoms with van der Waals surface area (Å²) in [5.41, 5.74) is -1.59. The van der Waals surface area contributed by atoms with Gasteiger partial charge in [0, 0.05) is 12.0 Å². The number of nitrogens with one attached hydrogen (secondary N) is 1. The van der Waals surface area contributed by atoms with Gasteiger partial charge in [-0.25, -0.2) is 13.9 Å². The SMILES string of the molecule is COC(=O)CCNC(=O)[C@@H]1OP(=O)(OCOC(=O)OC(C)(C)C)OCC1(C)C. The number of hydrogen-bond donors (Lipinski definition) is 1. The van der Waals surface area contributed by atoms with E-state index in [0.717, 1.165) is 0 Å². The second-order valence-electron chi connectivity index (χ2n) is 7.67. The van der Waals surface area contributed by atoms with Crippen LogP contribution in [0.25, 0.3) is 0 Å². The number of rotatable bonds is 7. The van der Waals surface area contributed by atoms with Gasteiger partial charge in [0.05, 0.1) is 20.1 Å². The molecule has 0 spiro atoms. The first-order valence-electron chi connectivity index (χ1n) is 8.56. The van der Waals surface area contributed by atoms with Crippen LogP contribution in [0.1, 0.15) is 41.0 Å². The van der Waals surface area contributed by atoms with Crippen LogP contribution in [0.2, 0.25) is 0 Å². The molecule has 11 nitrogen and oxygen atoms in total. The van der Waals surface area contributed by atoms with Crippen molar-refractivity contribution in [2.24, 2.45) is 5.41 Å². The van der Waals surface area contributed by atoms with Gasteiger partial charge in [-0.3, -0.25) is 18.6 Å². The molecule has 28 heavy (non-hydrogen) atoms. The van der Waals surface area contributed by atoms with Crippen molar-refractivity contribution in [2.75, 3.05) is 27.1 Å². The smallest absolute Gasteiger partial charge is 0.469 e. The molecular weight excluding hydrogens is 397 g/mol. The van der Waals surface area contributed by atoms with Gasteiger partial charge >= 0.3 is 19.9 Å². The Morgan fingerprint density at radius 2 is 1.89 bits per heavy atom. The van der Waals surface area contributed by atoms with Gasteiger partial charge in [-0.15, -0.1) is 0 Å². The van der Waals surface area contributed by atoms with Crippen molar-refractivity contribution in [3.05, 3.63) is 0 Å². The molecule has 0 aromatic rings. The van der Waals surface area contributed by atoms with Crippen LogP contribution in [0.3, 0.4) is 0 Å². The highest BCUT2D eigenvalue weighted by atomic mass is 31.2. The molecule has 1 amide bonds. The van der Waals surface area contributed by atoms with Gasteiger partial charge in [-0.2, -0.15) is 0 Å². The average molecular weight is 425 g/mol. The minimum Gasteiger partial charge on any atom is -0.469 e. The van der Waals surface area contributed by atoms with Crippen LogP contribution in [-0.4, -0.2) is 56.8 Å². The highest BCUT2D eigenvalue weighted by Gasteiger charge is 2.49. The third kappa shape index (κ3) is 8.14. The molecule has 1 aliphatic rings. The van der Waals surface area contributed by atoms with Crippen LogP contribution in [0.15, 0.2) is 0 Å². The van der Waals surface area contributed by atoms with E-state index in [-0.39, 0.29) is 19.6 Å². The molecule has 0 saturated carbocycles. The summed E-state index contributed by atoms with van der Waals surface area (Å²) in [7, 11) is -2.92. The number of amides is 1. The predicted octanol–water partition coefficient (Wildman–Crippen LogP) is 2.14. The van der Waals surface area contributed by atoms with E-state index < -0.39 is 49.8 Å². The molecule has 1 N–H and O–H groups in total. The van der Waals surface area contributed by atoms with Crippen molar-refractivity contribution in [1.82, 2.24) is 5.32 Å². The first-order chi connectivity index (χ1) is 12.8. The van der Waals surface area contributed by atoms with Crippen molar-refractivity contribution < 1.29 is 46.7 Å². The van der Waals surface area contributed by atoms with Crippen LogP contribution in [0.4, 0.5) is 4.79 Å². The monoisotopic (exact) mass is 425 g/mol. The molecule has 0 aromatic heterocycles. The van der Waals surface area contributed by atoms with E-state index in [2.05, 4.69) is 14.8 Å². The second kappa shape index (κ2) is 9.69. The predicted molar refractivity (Wildman–Crippen MR) is 95.1 cm³/mol. The summed E-state index contributed by atoms with van der Waals surface area (Å²) in [5, 5.41) is 2.51. The van der Waals surface area contributed by atoms with Gasteiger partial charge in [0.25, 0.3) is 0 Å². The van der Waals surface area contributed by atoms with Gasteiger partial charge in [-0.05, 0) is 20.8 Å². The Labute approximate surface area is 163 Å². The van der Waals surface area contributed by atoms with Crippen molar-refractivity contribution in [1.29, 1.82) is 0 Å². The van der Waals surface area contributed by atoms with Crippen LogP contribution in [-0.2, 0) is 41.9 Å². The van der Waals surface area contributed by atoms with E-state index in [4.69, 9.17) is 18.3 Å². The van der Waals surface area contributed by atoms with Crippen molar-refractivity contribution in [3.63, 3.8) is 0 Å². The van der Waals surface area contributed by atoms with Crippen molar-refractivity contribution in [3.8, 4) is 0 Å². The van der Waals surface area contributed by atoms with Crippen LogP contribution >= 0.6 is 7.82 Å². The maximum Gasteiger partial charge on any atom is 0.510 e. The lowest BCUT2D eigenvalue weighted by Crippen LogP contribution is -2.50. The van der Waals surface area contributed by atoms with E-state index in [1.165, 1.54) is 7.11 Å². The molecule has 12 heteroatoms. The number of esters is 1. The first kappa shape index (κ1) is 24.4. The van der Waals surface area contributed by atoms with Crippen LogP contribution < -0.4 is 5.32 Å². The van der Waals surface area contributed by atoms with Crippen LogP contribution in [0.5, 0.6) is 0 Å². The zero-order valence-corrected chi connectivity index (χ0v) is 17.8. The normalized spacial score (nSPS) is 24.1. The fourth-order valence-corrected chi connectivity index (χ4v) is 3.50. The van der Waals surface area contributed by atoms with Crippen molar-refractivity contribution in [2.45, 2.75) is 52.7 Å². The minimum absolute atomic E-state index is 0.0230. The third-order valence-corrected chi connectivity index (χ3v) is 4.75. The Kier molecular flexibility index (Phi) is 8.43. The summed E-state index contributed by atoms with van der Waals surface area (Å²) in [6.45, 7) is 7.48. The van der Waals surface area contributed by atoms with Crippen molar-refractivity contribution >= 4 is 25.9 Å². The van der Waals surface area contributed by atoms with Gasteiger partial charge in [-0.1, -0.05) is 13.8 Å². The third-order valence-electron chi connectivity index (χ3n) is 3.41. The molecule has 0 radical (unpaired) electrons. The first-order valence-corrected chi connectivity index (χ1v) is 10.0.